The number of ketones is 1. The topological polar surface area (TPSA) is 63.7 Å². The minimum atomic E-state index is -0.688. The van der Waals surface area contributed by atoms with E-state index in [0.29, 0.717) is 0 Å². The van der Waals surface area contributed by atoms with Crippen LogP contribution in [0.3, 0.4) is 0 Å². The van der Waals surface area contributed by atoms with Crippen molar-refractivity contribution in [1.82, 2.24) is 4.90 Å². The molecule has 1 aromatic carbocycles. The fourth-order valence-electron chi connectivity index (χ4n) is 2.49. The second kappa shape index (κ2) is 5.86. The third kappa shape index (κ3) is 2.57. The van der Waals surface area contributed by atoms with Gasteiger partial charge in [0.1, 0.15) is 18.2 Å². The molecule has 106 valence electrons. The van der Waals surface area contributed by atoms with Gasteiger partial charge < -0.3 is 9.64 Å². The number of nitrogens with zero attached hydrogens (tertiary/aromatic N) is 1. The molecule has 5 nitrogen and oxygen atoms in total. The summed E-state index contributed by atoms with van der Waals surface area (Å²) in [6.07, 6.45) is 0. The van der Waals surface area contributed by atoms with Crippen LogP contribution in [0.2, 0.25) is 0 Å². The fourth-order valence-corrected chi connectivity index (χ4v) is 2.49. The maximum absolute atomic E-state index is 12.0. The van der Waals surface area contributed by atoms with Gasteiger partial charge in [0, 0.05) is 0 Å². The van der Waals surface area contributed by atoms with Crippen molar-refractivity contribution in [3.63, 3.8) is 0 Å². The quantitative estimate of drug-likeness (QED) is 0.462. The summed E-state index contributed by atoms with van der Waals surface area (Å²) in [6, 6.07) is 8.89. The molecule has 0 saturated carbocycles. The zero-order valence-corrected chi connectivity index (χ0v) is 11.5. The molecule has 1 aliphatic heterocycles. The van der Waals surface area contributed by atoms with Crippen LogP contribution >= 0.6 is 0 Å². The SMILES string of the molecule is CCOC(=O)CN1C(=O)[C@H](C(C)=O)[C@H]1c1ccccc1. The van der Waals surface area contributed by atoms with Gasteiger partial charge in [-0.3, -0.25) is 14.4 Å². The van der Waals surface area contributed by atoms with Crippen LogP contribution in [0.4, 0.5) is 0 Å². The van der Waals surface area contributed by atoms with E-state index in [0.717, 1.165) is 5.56 Å². The standard InChI is InChI=1S/C15H17NO4/c1-3-20-12(18)9-16-14(11-7-5-4-6-8-11)13(10(2)17)15(16)19/h4-8,13-14H,3,9H2,1-2H3/t13-,14-/m1/s1. The Balaban J connectivity index is 2.20. The largest absolute Gasteiger partial charge is 0.465 e. The molecule has 0 N–H and O–H groups in total. The lowest BCUT2D eigenvalue weighted by molar-refractivity contribution is -0.168. The predicted octanol–water partition coefficient (Wildman–Crippen LogP) is 1.34. The first-order valence-electron chi connectivity index (χ1n) is 6.57. The number of carbonyl (C=O) groups excluding carboxylic acids is 3. The average molecular weight is 275 g/mol. The number of benzene rings is 1. The van der Waals surface area contributed by atoms with Gasteiger partial charge in [-0.15, -0.1) is 0 Å². The van der Waals surface area contributed by atoms with Crippen LogP contribution < -0.4 is 0 Å². The van der Waals surface area contributed by atoms with E-state index in [1.54, 1.807) is 6.92 Å². The Bertz CT molecular complexity index is 526. The highest BCUT2D eigenvalue weighted by Crippen LogP contribution is 2.40. The Morgan fingerprint density at radius 2 is 1.90 bits per heavy atom. The van der Waals surface area contributed by atoms with Crippen molar-refractivity contribution in [2.24, 2.45) is 5.92 Å². The van der Waals surface area contributed by atoms with E-state index in [2.05, 4.69) is 0 Å². The lowest BCUT2D eigenvalue weighted by atomic mass is 9.80. The van der Waals surface area contributed by atoms with Crippen LogP contribution in [0.5, 0.6) is 0 Å². The first-order valence-corrected chi connectivity index (χ1v) is 6.57. The fraction of sp³-hybridized carbons (Fsp3) is 0.400. The molecule has 0 spiro atoms. The molecule has 0 unspecified atom stereocenters. The molecule has 2 rings (SSSR count). The first-order chi connectivity index (χ1) is 9.56. The smallest absolute Gasteiger partial charge is 0.325 e. The number of hydrogen-bond donors (Lipinski definition) is 0. The van der Waals surface area contributed by atoms with Crippen molar-refractivity contribution in [3.8, 4) is 0 Å². The molecule has 0 bridgehead atoms. The van der Waals surface area contributed by atoms with Crippen molar-refractivity contribution in [3.05, 3.63) is 35.9 Å². The Hall–Kier alpha value is -2.17. The molecule has 1 heterocycles. The molecule has 1 aromatic rings. The summed E-state index contributed by atoms with van der Waals surface area (Å²) >= 11 is 0. The van der Waals surface area contributed by atoms with Crippen molar-refractivity contribution in [2.45, 2.75) is 19.9 Å². The van der Waals surface area contributed by atoms with Gasteiger partial charge in [-0.1, -0.05) is 30.3 Å². The van der Waals surface area contributed by atoms with Crippen LogP contribution in [-0.4, -0.2) is 35.7 Å². The Morgan fingerprint density at radius 3 is 2.45 bits per heavy atom. The monoisotopic (exact) mass is 275 g/mol. The molecule has 2 atom stereocenters. The molecule has 1 saturated heterocycles. The molecule has 1 amide bonds. The summed E-state index contributed by atoms with van der Waals surface area (Å²) in [5, 5.41) is 0. The minimum Gasteiger partial charge on any atom is -0.465 e. The van der Waals surface area contributed by atoms with Gasteiger partial charge in [-0.25, -0.2) is 0 Å². The molecule has 1 aliphatic rings. The number of rotatable bonds is 5. The van der Waals surface area contributed by atoms with Crippen LogP contribution in [0, 0.1) is 5.92 Å². The number of carbonyl (C=O) groups is 3. The van der Waals surface area contributed by atoms with E-state index in [1.165, 1.54) is 11.8 Å². The van der Waals surface area contributed by atoms with Crippen molar-refractivity contribution in [1.29, 1.82) is 0 Å². The summed E-state index contributed by atoms with van der Waals surface area (Å²) in [7, 11) is 0. The number of hydrogen-bond acceptors (Lipinski definition) is 4. The number of esters is 1. The molecule has 1 fully saturated rings. The number of ether oxygens (including phenoxy) is 1. The number of Topliss-reactive ketones (excluding diaryl/α,β-unsaturated/α-hetero) is 1. The average Bonchev–Trinajstić information content (AvgIpc) is 2.42. The zero-order valence-electron chi connectivity index (χ0n) is 11.5. The Morgan fingerprint density at radius 1 is 1.25 bits per heavy atom. The molecule has 0 aromatic heterocycles. The van der Waals surface area contributed by atoms with E-state index in [4.69, 9.17) is 4.74 Å². The zero-order chi connectivity index (χ0) is 14.7. The van der Waals surface area contributed by atoms with E-state index >= 15 is 0 Å². The third-order valence-corrected chi connectivity index (χ3v) is 3.38. The van der Waals surface area contributed by atoms with Crippen LogP contribution in [-0.2, 0) is 19.1 Å². The maximum atomic E-state index is 12.0. The highest BCUT2D eigenvalue weighted by atomic mass is 16.5. The summed E-state index contributed by atoms with van der Waals surface area (Å²) in [5.74, 6) is -1.63. The van der Waals surface area contributed by atoms with E-state index < -0.39 is 11.9 Å². The highest BCUT2D eigenvalue weighted by Gasteiger charge is 2.51. The molecule has 20 heavy (non-hydrogen) atoms. The minimum absolute atomic E-state index is 0.115. The van der Waals surface area contributed by atoms with Gasteiger partial charge in [-0.2, -0.15) is 0 Å². The Kier molecular flexibility index (Phi) is 4.17. The van der Waals surface area contributed by atoms with E-state index in [-0.39, 0.29) is 30.9 Å². The van der Waals surface area contributed by atoms with Crippen molar-refractivity contribution < 1.29 is 19.1 Å². The molecular weight excluding hydrogens is 258 g/mol. The number of likely N-dealkylation sites (tertiary alicyclic amines) is 1. The van der Waals surface area contributed by atoms with Crippen molar-refractivity contribution >= 4 is 17.7 Å². The second-order valence-electron chi connectivity index (χ2n) is 4.72. The van der Waals surface area contributed by atoms with Crippen LogP contribution in [0.1, 0.15) is 25.5 Å². The number of amides is 1. The van der Waals surface area contributed by atoms with Gasteiger partial charge in [-0.05, 0) is 19.4 Å². The van der Waals surface area contributed by atoms with Gasteiger partial charge in [0.05, 0.1) is 12.6 Å². The van der Waals surface area contributed by atoms with Crippen LogP contribution in [0.15, 0.2) is 30.3 Å². The third-order valence-electron chi connectivity index (χ3n) is 3.38. The summed E-state index contributed by atoms with van der Waals surface area (Å²) in [4.78, 5) is 36.6. The Labute approximate surface area is 117 Å². The summed E-state index contributed by atoms with van der Waals surface area (Å²) in [5.41, 5.74) is 0.858. The lowest BCUT2D eigenvalue weighted by Gasteiger charge is -2.45. The summed E-state index contributed by atoms with van der Waals surface area (Å²) < 4.78 is 4.86. The van der Waals surface area contributed by atoms with E-state index in [1.807, 2.05) is 30.3 Å². The second-order valence-corrected chi connectivity index (χ2v) is 4.72. The van der Waals surface area contributed by atoms with Crippen molar-refractivity contribution in [2.75, 3.05) is 13.2 Å². The maximum Gasteiger partial charge on any atom is 0.325 e. The van der Waals surface area contributed by atoms with Gasteiger partial charge >= 0.3 is 5.97 Å². The van der Waals surface area contributed by atoms with Crippen LogP contribution in [0.25, 0.3) is 0 Å². The first kappa shape index (κ1) is 14.2. The van der Waals surface area contributed by atoms with Gasteiger partial charge in [0.2, 0.25) is 5.91 Å². The highest BCUT2D eigenvalue weighted by molar-refractivity contribution is 6.06. The molecular formula is C15H17NO4. The molecule has 0 radical (unpaired) electrons. The molecule has 5 heteroatoms. The summed E-state index contributed by atoms with van der Waals surface area (Å²) in [6.45, 7) is 3.27. The number of β-lactam (4-membered cyclic amide) rings is 1. The van der Waals surface area contributed by atoms with Gasteiger partial charge in [0.15, 0.2) is 0 Å². The molecule has 0 aliphatic carbocycles. The lowest BCUT2D eigenvalue weighted by Crippen LogP contribution is -2.58. The van der Waals surface area contributed by atoms with E-state index in [9.17, 15) is 14.4 Å². The predicted molar refractivity (Wildman–Crippen MR) is 71.7 cm³/mol. The van der Waals surface area contributed by atoms with Gasteiger partial charge in [0.25, 0.3) is 0 Å². The normalized spacial score (nSPS) is 21.3.